The zero-order chi connectivity index (χ0) is 28.8. The van der Waals surface area contributed by atoms with Crippen molar-refractivity contribution in [2.24, 2.45) is 0 Å². The molecule has 0 saturated carbocycles. The summed E-state index contributed by atoms with van der Waals surface area (Å²) in [6.45, 7) is 8.60. The molecule has 0 aromatic carbocycles. The first-order chi connectivity index (χ1) is 19.8. The van der Waals surface area contributed by atoms with Crippen LogP contribution in [0.5, 0.6) is 0 Å². The van der Waals surface area contributed by atoms with E-state index in [1.54, 1.807) is 0 Å². The Morgan fingerprint density at radius 1 is 0.325 bits per heavy atom. The maximum Gasteiger partial charge on any atom is 0.132 e. The summed E-state index contributed by atoms with van der Waals surface area (Å²) >= 11 is 0. The predicted octanol–water partition coefficient (Wildman–Crippen LogP) is 12.3. The summed E-state index contributed by atoms with van der Waals surface area (Å²) in [6.07, 6.45) is 41.3. The summed E-state index contributed by atoms with van der Waals surface area (Å²) in [5.74, 6) is 3.09. The first-order valence-electron chi connectivity index (χ1n) is 18.3. The van der Waals surface area contributed by atoms with Crippen LogP contribution in [-0.4, -0.2) is 15.0 Å². The fourth-order valence-corrected chi connectivity index (χ4v) is 5.74. The largest absolute Gasteiger partial charge is 0.218 e. The highest BCUT2D eigenvalue weighted by Gasteiger charge is 2.07. The van der Waals surface area contributed by atoms with Crippen molar-refractivity contribution in [3.05, 3.63) is 24.4 Å². The van der Waals surface area contributed by atoms with Gasteiger partial charge in [-0.1, -0.05) is 181 Å². The highest BCUT2D eigenvalue weighted by Crippen LogP contribution is 2.15. The SMILES string of the molecule is [CH2]CCCc1nc(CCCCCCCCCCCCCCC)nc(CCCCCCCCCCCCCCC)n1. The van der Waals surface area contributed by atoms with Gasteiger partial charge >= 0.3 is 0 Å². The van der Waals surface area contributed by atoms with Gasteiger partial charge in [0.05, 0.1) is 0 Å². The number of unbranched alkanes of at least 4 members (excludes halogenated alkanes) is 25. The van der Waals surface area contributed by atoms with E-state index < -0.39 is 0 Å². The molecule has 0 bridgehead atoms. The molecule has 0 atom stereocenters. The molecule has 233 valence electrons. The smallest absolute Gasteiger partial charge is 0.132 e. The lowest BCUT2D eigenvalue weighted by molar-refractivity contribution is 0.535. The van der Waals surface area contributed by atoms with E-state index in [1.807, 2.05) is 0 Å². The van der Waals surface area contributed by atoms with Gasteiger partial charge < -0.3 is 0 Å². The van der Waals surface area contributed by atoms with Crippen molar-refractivity contribution < 1.29 is 0 Å². The summed E-state index contributed by atoms with van der Waals surface area (Å²) < 4.78 is 0. The van der Waals surface area contributed by atoms with Gasteiger partial charge in [0.15, 0.2) is 0 Å². The molecule has 0 spiro atoms. The van der Waals surface area contributed by atoms with Gasteiger partial charge in [0.1, 0.15) is 17.5 Å². The Kier molecular flexibility index (Phi) is 27.3. The molecule has 1 heterocycles. The van der Waals surface area contributed by atoms with Crippen LogP contribution in [0.4, 0.5) is 0 Å². The molecule has 0 fully saturated rings. The zero-order valence-corrected chi connectivity index (χ0v) is 27.5. The maximum atomic E-state index is 4.89. The fraction of sp³-hybridized carbons (Fsp3) is 0.892. The van der Waals surface area contributed by atoms with Crippen molar-refractivity contribution in [2.45, 2.75) is 213 Å². The predicted molar refractivity (Wildman–Crippen MR) is 177 cm³/mol. The molecule has 3 nitrogen and oxygen atoms in total. The second-order valence-electron chi connectivity index (χ2n) is 12.5. The summed E-state index contributed by atoms with van der Waals surface area (Å²) in [5.41, 5.74) is 0. The standard InChI is InChI=1S/C37H70N3/c1-4-7-10-12-14-16-18-20-22-24-26-28-30-33-36-38-35(32-9-6-3)39-37(40-36)34-31-29-27-25-23-21-19-17-15-13-11-8-5-2/h3-34H2,1-2H3. The minimum atomic E-state index is 0.948. The van der Waals surface area contributed by atoms with Crippen molar-refractivity contribution >= 4 is 0 Å². The van der Waals surface area contributed by atoms with Gasteiger partial charge in [-0.05, 0) is 19.3 Å². The van der Waals surface area contributed by atoms with Crippen LogP contribution >= 0.6 is 0 Å². The van der Waals surface area contributed by atoms with E-state index >= 15 is 0 Å². The minimum Gasteiger partial charge on any atom is -0.218 e. The summed E-state index contributed by atoms with van der Waals surface area (Å²) in [6, 6.07) is 0. The van der Waals surface area contributed by atoms with E-state index in [9.17, 15) is 0 Å². The topological polar surface area (TPSA) is 38.7 Å². The van der Waals surface area contributed by atoms with Crippen LogP contribution in [0, 0.1) is 6.92 Å². The lowest BCUT2D eigenvalue weighted by Crippen LogP contribution is -2.08. The van der Waals surface area contributed by atoms with E-state index in [1.165, 1.54) is 167 Å². The third-order valence-corrected chi connectivity index (χ3v) is 8.43. The number of rotatable bonds is 31. The van der Waals surface area contributed by atoms with Gasteiger partial charge in [-0.25, -0.2) is 15.0 Å². The summed E-state index contributed by atoms with van der Waals surface area (Å²) in [7, 11) is 0. The molecular weight excluding hydrogens is 486 g/mol. The lowest BCUT2D eigenvalue weighted by atomic mass is 10.0. The molecule has 0 N–H and O–H groups in total. The Morgan fingerprint density at radius 3 is 0.800 bits per heavy atom. The second-order valence-corrected chi connectivity index (χ2v) is 12.5. The molecular formula is C37H70N3. The van der Waals surface area contributed by atoms with Gasteiger partial charge in [-0.2, -0.15) is 0 Å². The Balaban J connectivity index is 2.14. The van der Waals surface area contributed by atoms with Crippen LogP contribution in [0.15, 0.2) is 0 Å². The number of aryl methyl sites for hydroxylation is 3. The van der Waals surface area contributed by atoms with E-state index in [-0.39, 0.29) is 0 Å². The second kappa shape index (κ2) is 29.5. The maximum absolute atomic E-state index is 4.89. The monoisotopic (exact) mass is 557 g/mol. The Labute approximate surface area is 251 Å². The van der Waals surface area contributed by atoms with Crippen molar-refractivity contribution in [3.8, 4) is 0 Å². The van der Waals surface area contributed by atoms with Crippen LogP contribution in [0.2, 0.25) is 0 Å². The first kappa shape index (κ1) is 37.0. The molecule has 0 aliphatic rings. The molecule has 40 heavy (non-hydrogen) atoms. The highest BCUT2D eigenvalue weighted by molar-refractivity contribution is 4.99. The third-order valence-electron chi connectivity index (χ3n) is 8.43. The van der Waals surface area contributed by atoms with Crippen LogP contribution in [0.3, 0.4) is 0 Å². The minimum absolute atomic E-state index is 0.948. The summed E-state index contributed by atoms with van der Waals surface area (Å²) in [5, 5.41) is 0. The molecule has 0 saturated heterocycles. The molecule has 1 rings (SSSR count). The van der Waals surface area contributed by atoms with Crippen molar-refractivity contribution in [3.63, 3.8) is 0 Å². The molecule has 0 aliphatic heterocycles. The van der Waals surface area contributed by atoms with Crippen LogP contribution in [0.1, 0.15) is 211 Å². The quantitative estimate of drug-likeness (QED) is 0.0853. The Hall–Kier alpha value is -0.990. The molecule has 0 amide bonds. The Bertz CT molecular complexity index is 596. The van der Waals surface area contributed by atoms with Crippen LogP contribution in [0.25, 0.3) is 0 Å². The molecule has 1 aromatic rings. The Morgan fingerprint density at radius 2 is 0.550 bits per heavy atom. The van der Waals surface area contributed by atoms with Crippen LogP contribution in [-0.2, 0) is 19.3 Å². The highest BCUT2D eigenvalue weighted by atomic mass is 15.0. The van der Waals surface area contributed by atoms with Crippen molar-refractivity contribution in [1.82, 2.24) is 15.0 Å². The number of nitrogens with zero attached hydrogens (tertiary/aromatic N) is 3. The van der Waals surface area contributed by atoms with E-state index in [4.69, 9.17) is 15.0 Å². The molecule has 0 aliphatic carbocycles. The normalized spacial score (nSPS) is 11.5. The average Bonchev–Trinajstić information content (AvgIpc) is 2.96. The van der Waals surface area contributed by atoms with Gasteiger partial charge in [-0.3, -0.25) is 0 Å². The van der Waals surface area contributed by atoms with E-state index in [2.05, 4.69) is 20.8 Å². The third kappa shape index (κ3) is 23.7. The van der Waals surface area contributed by atoms with Gasteiger partial charge in [0, 0.05) is 19.3 Å². The number of aromatic nitrogens is 3. The molecule has 1 aromatic heterocycles. The number of hydrogen-bond donors (Lipinski definition) is 0. The van der Waals surface area contributed by atoms with Gasteiger partial charge in [0.2, 0.25) is 0 Å². The van der Waals surface area contributed by atoms with Crippen molar-refractivity contribution in [1.29, 1.82) is 0 Å². The van der Waals surface area contributed by atoms with Crippen LogP contribution < -0.4 is 0 Å². The fourth-order valence-electron chi connectivity index (χ4n) is 5.74. The summed E-state index contributed by atoms with van der Waals surface area (Å²) in [4.78, 5) is 14.6. The first-order valence-corrected chi connectivity index (χ1v) is 18.3. The molecule has 0 unspecified atom stereocenters. The van der Waals surface area contributed by atoms with E-state index in [0.717, 1.165) is 49.6 Å². The van der Waals surface area contributed by atoms with Gasteiger partial charge in [-0.15, -0.1) is 0 Å². The lowest BCUT2D eigenvalue weighted by Gasteiger charge is -2.08. The number of hydrogen-bond acceptors (Lipinski definition) is 3. The molecule has 3 heteroatoms. The van der Waals surface area contributed by atoms with Crippen molar-refractivity contribution in [2.75, 3.05) is 0 Å². The van der Waals surface area contributed by atoms with E-state index in [0.29, 0.717) is 0 Å². The van der Waals surface area contributed by atoms with Gasteiger partial charge in [0.25, 0.3) is 0 Å². The molecule has 1 radical (unpaired) electrons. The zero-order valence-electron chi connectivity index (χ0n) is 27.5. The average molecular weight is 557 g/mol.